The lowest BCUT2D eigenvalue weighted by atomic mass is 9.88. The predicted octanol–water partition coefficient (Wildman–Crippen LogP) is 1.70. The molecule has 7 nitrogen and oxygen atoms in total. The van der Waals surface area contributed by atoms with E-state index in [0.717, 1.165) is 50.1 Å². The number of nitrogens with one attached hydrogen (secondary N) is 1. The smallest absolute Gasteiger partial charge is 0.249 e. The minimum Gasteiger partial charge on any atom is -0.489 e. The number of hydrogen-bond acceptors (Lipinski definition) is 6. The molecule has 1 aromatic carbocycles. The Hall–Kier alpha value is -2.41. The van der Waals surface area contributed by atoms with Crippen LogP contribution in [0, 0.1) is 0 Å². The second-order valence-corrected chi connectivity index (χ2v) is 7.41. The summed E-state index contributed by atoms with van der Waals surface area (Å²) in [6.45, 7) is 5.46. The van der Waals surface area contributed by atoms with Gasteiger partial charge in [-0.2, -0.15) is 0 Å². The molecule has 1 N–H and O–H groups in total. The van der Waals surface area contributed by atoms with E-state index in [4.69, 9.17) is 4.74 Å². The van der Waals surface area contributed by atoms with Crippen molar-refractivity contribution in [3.05, 3.63) is 23.8 Å². The summed E-state index contributed by atoms with van der Waals surface area (Å²) in [6, 6.07) is 5.75. The molecule has 2 aliphatic heterocycles. The van der Waals surface area contributed by atoms with Gasteiger partial charge >= 0.3 is 0 Å². The topological polar surface area (TPSA) is 79.0 Å². The van der Waals surface area contributed by atoms with Crippen LogP contribution in [-0.2, 0) is 14.4 Å². The molecule has 1 atom stereocenters. The van der Waals surface area contributed by atoms with Gasteiger partial charge in [0.15, 0.2) is 0 Å². The predicted molar refractivity (Wildman–Crippen MR) is 107 cm³/mol. The number of fused-ring (bicyclic) bond motifs is 1. The lowest BCUT2D eigenvalue weighted by molar-refractivity contribution is -0.126. The van der Waals surface area contributed by atoms with E-state index < -0.39 is 0 Å². The molecule has 1 aromatic rings. The highest BCUT2D eigenvalue weighted by Gasteiger charge is 2.32. The third-order valence-corrected chi connectivity index (χ3v) is 5.72. The van der Waals surface area contributed by atoms with Gasteiger partial charge in [-0.05, 0) is 49.9 Å². The van der Waals surface area contributed by atoms with Crippen molar-refractivity contribution in [2.75, 3.05) is 37.7 Å². The summed E-state index contributed by atoms with van der Waals surface area (Å²) in [4.78, 5) is 38.3. The van der Waals surface area contributed by atoms with Gasteiger partial charge in [0.25, 0.3) is 0 Å². The Bertz CT molecular complexity index is 701. The number of carbonyl (C=O) groups excluding carboxylic acids is 3. The molecule has 2 amide bonds. The Morgan fingerprint density at radius 1 is 1.29 bits per heavy atom. The summed E-state index contributed by atoms with van der Waals surface area (Å²) < 4.78 is 6.07. The van der Waals surface area contributed by atoms with Crippen LogP contribution in [0.4, 0.5) is 5.69 Å². The molecule has 0 spiro atoms. The van der Waals surface area contributed by atoms with Crippen LogP contribution in [0.25, 0.3) is 0 Å². The number of anilines is 1. The van der Waals surface area contributed by atoms with Crippen molar-refractivity contribution < 1.29 is 19.1 Å². The summed E-state index contributed by atoms with van der Waals surface area (Å²) in [5, 5.41) is 2.32. The monoisotopic (exact) mass is 387 g/mol. The van der Waals surface area contributed by atoms with Gasteiger partial charge in [0.1, 0.15) is 24.7 Å². The van der Waals surface area contributed by atoms with Gasteiger partial charge in [0.2, 0.25) is 12.3 Å². The van der Waals surface area contributed by atoms with Gasteiger partial charge in [-0.3, -0.25) is 19.8 Å². The summed E-state index contributed by atoms with van der Waals surface area (Å²) in [6.07, 6.45) is 4.90. The molecule has 0 bridgehead atoms. The third kappa shape index (κ3) is 4.35. The number of aldehydes is 1. The van der Waals surface area contributed by atoms with Crippen molar-refractivity contribution >= 4 is 24.3 Å². The lowest BCUT2D eigenvalue weighted by Gasteiger charge is -2.39. The molecule has 152 valence electrons. The molecular weight excluding hydrogens is 358 g/mol. The first-order valence-electron chi connectivity index (χ1n) is 10.1. The summed E-state index contributed by atoms with van der Waals surface area (Å²) in [5.41, 5.74) is 2.11. The van der Waals surface area contributed by atoms with E-state index in [2.05, 4.69) is 21.2 Å². The van der Waals surface area contributed by atoms with Crippen LogP contribution in [0.2, 0.25) is 0 Å². The molecule has 7 heteroatoms. The normalized spacial score (nSPS) is 18.7. The Kier molecular flexibility index (Phi) is 7.03. The van der Waals surface area contributed by atoms with Gasteiger partial charge < -0.3 is 14.4 Å². The summed E-state index contributed by atoms with van der Waals surface area (Å²) in [7, 11) is 0. The first kappa shape index (κ1) is 20.3. The van der Waals surface area contributed by atoms with Gasteiger partial charge in [0, 0.05) is 0 Å². The third-order valence-electron chi connectivity index (χ3n) is 5.72. The maximum Gasteiger partial charge on any atom is 0.249 e. The minimum absolute atomic E-state index is 0.266. The van der Waals surface area contributed by atoms with Gasteiger partial charge in [-0.25, -0.2) is 0 Å². The fraction of sp³-hybridized carbons (Fsp3) is 0.571. The number of piperidine rings is 1. The van der Waals surface area contributed by atoms with Crippen LogP contribution >= 0.6 is 0 Å². The van der Waals surface area contributed by atoms with Crippen molar-refractivity contribution in [1.82, 2.24) is 10.2 Å². The zero-order valence-electron chi connectivity index (χ0n) is 16.4. The van der Waals surface area contributed by atoms with Crippen molar-refractivity contribution in [3.8, 4) is 5.75 Å². The number of rotatable bonds is 8. The van der Waals surface area contributed by atoms with Crippen LogP contribution < -0.4 is 15.0 Å². The average Bonchev–Trinajstić information content (AvgIpc) is 2.72. The second-order valence-electron chi connectivity index (χ2n) is 7.41. The van der Waals surface area contributed by atoms with Crippen LogP contribution in [-0.4, -0.2) is 62.3 Å². The first-order valence-corrected chi connectivity index (χ1v) is 10.1. The number of amides is 2. The molecule has 1 fully saturated rings. The average molecular weight is 387 g/mol. The molecule has 0 saturated carbocycles. The van der Waals surface area contributed by atoms with Crippen molar-refractivity contribution in [3.63, 3.8) is 0 Å². The molecule has 1 saturated heterocycles. The maximum atomic E-state index is 12.5. The number of nitrogens with zero attached hydrogens (tertiary/aromatic N) is 2. The van der Waals surface area contributed by atoms with Crippen LogP contribution in [0.3, 0.4) is 0 Å². The molecule has 0 aliphatic carbocycles. The Balaban J connectivity index is 1.84. The molecular formula is C21H29N3O4. The standard InChI is InChI=1S/C21H29N3O4/c1-2-4-19(21(27)22-15-26)24-12-14-28-20-17(5-3-6-18(20)24)16-7-9-23(10-8-16)11-13-25/h3,5-6,13,15-16,19H,2,4,7-12,14H2,1H3,(H,22,26,27). The highest BCUT2D eigenvalue weighted by molar-refractivity contribution is 5.92. The molecule has 1 unspecified atom stereocenters. The SMILES string of the molecule is CCCC(C(=O)NC=O)N1CCOc2c(C3CCN(CC=O)CC3)cccc21. The van der Waals surface area contributed by atoms with Crippen LogP contribution in [0.15, 0.2) is 18.2 Å². The zero-order chi connectivity index (χ0) is 19.9. The van der Waals surface area contributed by atoms with E-state index in [1.807, 2.05) is 19.1 Å². The lowest BCUT2D eigenvalue weighted by Crippen LogP contribution is -2.49. The minimum atomic E-state index is -0.387. The van der Waals surface area contributed by atoms with Gasteiger partial charge in [-0.15, -0.1) is 0 Å². The number of carbonyl (C=O) groups is 3. The summed E-state index contributed by atoms with van der Waals surface area (Å²) in [5.74, 6) is 0.978. The zero-order valence-corrected chi connectivity index (χ0v) is 16.4. The van der Waals surface area contributed by atoms with Crippen LogP contribution in [0.1, 0.15) is 44.1 Å². The fourth-order valence-corrected chi connectivity index (χ4v) is 4.33. The van der Waals surface area contributed by atoms with Crippen molar-refractivity contribution in [2.45, 2.75) is 44.6 Å². The van der Waals surface area contributed by atoms with Gasteiger partial charge in [0.05, 0.1) is 18.8 Å². The van der Waals surface area contributed by atoms with E-state index in [0.29, 0.717) is 38.4 Å². The number of ether oxygens (including phenoxy) is 1. The molecule has 0 aromatic heterocycles. The Morgan fingerprint density at radius 2 is 2.07 bits per heavy atom. The number of likely N-dealkylation sites (tertiary alicyclic amines) is 1. The first-order chi connectivity index (χ1) is 13.7. The molecule has 0 radical (unpaired) electrons. The molecule has 2 heterocycles. The number of benzene rings is 1. The van der Waals surface area contributed by atoms with E-state index in [9.17, 15) is 14.4 Å². The molecule has 28 heavy (non-hydrogen) atoms. The van der Waals surface area contributed by atoms with Gasteiger partial charge in [-0.1, -0.05) is 25.5 Å². The highest BCUT2D eigenvalue weighted by Crippen LogP contribution is 2.42. The second kappa shape index (κ2) is 9.68. The highest BCUT2D eigenvalue weighted by atomic mass is 16.5. The van der Waals surface area contributed by atoms with E-state index in [-0.39, 0.29) is 11.9 Å². The number of para-hydroxylation sites is 1. The van der Waals surface area contributed by atoms with E-state index in [1.54, 1.807) is 0 Å². The summed E-state index contributed by atoms with van der Waals surface area (Å²) >= 11 is 0. The Morgan fingerprint density at radius 3 is 2.75 bits per heavy atom. The van der Waals surface area contributed by atoms with Crippen molar-refractivity contribution in [1.29, 1.82) is 0 Å². The fourth-order valence-electron chi connectivity index (χ4n) is 4.33. The molecule has 2 aliphatic rings. The maximum absolute atomic E-state index is 12.5. The quantitative estimate of drug-likeness (QED) is 0.684. The van der Waals surface area contributed by atoms with E-state index in [1.165, 1.54) is 5.56 Å². The molecule has 3 rings (SSSR count). The van der Waals surface area contributed by atoms with Crippen LogP contribution in [0.5, 0.6) is 5.75 Å². The number of imide groups is 1. The van der Waals surface area contributed by atoms with Crippen molar-refractivity contribution in [2.24, 2.45) is 0 Å². The Labute approximate surface area is 166 Å². The van der Waals surface area contributed by atoms with E-state index >= 15 is 0 Å². The number of hydrogen-bond donors (Lipinski definition) is 1. The largest absolute Gasteiger partial charge is 0.489 e.